The normalized spacial score (nSPS) is 24.4. The molecule has 6 heteroatoms. The highest BCUT2D eigenvalue weighted by atomic mass is 35.5. The van der Waals surface area contributed by atoms with E-state index in [0.29, 0.717) is 5.02 Å². The first-order valence-electron chi connectivity index (χ1n) is 8.21. The largest absolute Gasteiger partial charge is 0.328 e. The number of benzene rings is 1. The predicted molar refractivity (Wildman–Crippen MR) is 95.7 cm³/mol. The molecule has 1 aliphatic rings. The first-order chi connectivity index (χ1) is 11.5. The molecule has 3 aromatic rings. The lowest BCUT2D eigenvalue weighted by Gasteiger charge is -2.35. The van der Waals surface area contributed by atoms with Crippen LogP contribution in [0.1, 0.15) is 31.4 Å². The van der Waals surface area contributed by atoms with Crippen molar-refractivity contribution in [3.63, 3.8) is 0 Å². The molecule has 0 bridgehead atoms. The molecule has 1 saturated carbocycles. The van der Waals surface area contributed by atoms with Crippen LogP contribution in [0.2, 0.25) is 5.02 Å². The lowest BCUT2D eigenvalue weighted by molar-refractivity contribution is 0.265. The van der Waals surface area contributed by atoms with Crippen LogP contribution < -0.4 is 11.5 Å². The van der Waals surface area contributed by atoms with E-state index in [9.17, 15) is 0 Å². The standard InChI is InChI=1S/C18H20ClN5/c19-13-4-1-3-12(9-13)15-11-22-17-7-6-16(23-24(15)17)18(21)8-2-5-14(20)10-18/h1,3-4,6-7,9,11,14H,2,5,8,10,20-21H2. The maximum atomic E-state index is 6.65. The minimum absolute atomic E-state index is 0.136. The van der Waals surface area contributed by atoms with Crippen molar-refractivity contribution in [2.45, 2.75) is 37.3 Å². The van der Waals surface area contributed by atoms with Crippen LogP contribution in [0.5, 0.6) is 0 Å². The molecule has 1 aliphatic carbocycles. The van der Waals surface area contributed by atoms with E-state index in [1.165, 1.54) is 0 Å². The summed E-state index contributed by atoms with van der Waals surface area (Å²) in [7, 11) is 0. The van der Waals surface area contributed by atoms with E-state index in [-0.39, 0.29) is 6.04 Å². The van der Waals surface area contributed by atoms with Crippen LogP contribution in [0.15, 0.2) is 42.6 Å². The maximum Gasteiger partial charge on any atom is 0.154 e. The Hall–Kier alpha value is -1.95. The number of hydrogen-bond donors (Lipinski definition) is 2. The van der Waals surface area contributed by atoms with Crippen LogP contribution in [0, 0.1) is 0 Å². The number of imidazole rings is 1. The summed E-state index contributed by atoms with van der Waals surface area (Å²) < 4.78 is 1.84. The van der Waals surface area contributed by atoms with Gasteiger partial charge >= 0.3 is 0 Å². The Balaban J connectivity index is 1.81. The van der Waals surface area contributed by atoms with Gasteiger partial charge in [0.15, 0.2) is 5.65 Å². The van der Waals surface area contributed by atoms with E-state index in [1.54, 1.807) is 0 Å². The van der Waals surface area contributed by atoms with E-state index in [2.05, 4.69) is 4.98 Å². The fourth-order valence-electron chi connectivity index (χ4n) is 3.57. The van der Waals surface area contributed by atoms with Gasteiger partial charge in [-0.1, -0.05) is 23.7 Å². The third-order valence-corrected chi connectivity index (χ3v) is 5.05. The van der Waals surface area contributed by atoms with Gasteiger partial charge in [-0.15, -0.1) is 0 Å². The fourth-order valence-corrected chi connectivity index (χ4v) is 3.76. The lowest BCUT2D eigenvalue weighted by Crippen LogP contribution is -2.46. The number of rotatable bonds is 2. The summed E-state index contributed by atoms with van der Waals surface area (Å²) in [6.07, 6.45) is 5.53. The smallest absolute Gasteiger partial charge is 0.154 e. The quantitative estimate of drug-likeness (QED) is 0.750. The van der Waals surface area contributed by atoms with Crippen LogP contribution in [-0.2, 0) is 5.54 Å². The molecule has 0 aliphatic heterocycles. The fraction of sp³-hybridized carbons (Fsp3) is 0.333. The summed E-state index contributed by atoms with van der Waals surface area (Å²) in [5, 5.41) is 5.49. The SMILES string of the molecule is NC1CCCC(N)(c2ccc3ncc(-c4cccc(Cl)c4)n3n2)C1. The summed E-state index contributed by atoms with van der Waals surface area (Å²) in [5.74, 6) is 0. The monoisotopic (exact) mass is 341 g/mol. The van der Waals surface area contributed by atoms with Crippen molar-refractivity contribution in [2.75, 3.05) is 0 Å². The number of nitrogens with zero attached hydrogens (tertiary/aromatic N) is 3. The molecule has 4 rings (SSSR count). The van der Waals surface area contributed by atoms with E-state index in [4.69, 9.17) is 28.2 Å². The highest BCUT2D eigenvalue weighted by Gasteiger charge is 2.34. The number of hydrogen-bond acceptors (Lipinski definition) is 4. The van der Waals surface area contributed by atoms with Crippen LogP contribution in [0.3, 0.4) is 0 Å². The van der Waals surface area contributed by atoms with Crippen LogP contribution in [0.25, 0.3) is 16.9 Å². The third-order valence-electron chi connectivity index (χ3n) is 4.82. The molecule has 1 aromatic carbocycles. The average molecular weight is 342 g/mol. The molecule has 2 unspecified atom stereocenters. The van der Waals surface area contributed by atoms with Gasteiger partial charge in [0.25, 0.3) is 0 Å². The first kappa shape index (κ1) is 15.6. The zero-order valence-corrected chi connectivity index (χ0v) is 14.1. The Labute approximate surface area is 145 Å². The lowest BCUT2D eigenvalue weighted by atomic mass is 9.78. The Bertz CT molecular complexity index is 890. The minimum Gasteiger partial charge on any atom is -0.328 e. The van der Waals surface area contributed by atoms with Crippen LogP contribution in [-0.4, -0.2) is 20.6 Å². The van der Waals surface area contributed by atoms with Gasteiger partial charge in [0, 0.05) is 16.6 Å². The van der Waals surface area contributed by atoms with Gasteiger partial charge in [-0.05, 0) is 49.9 Å². The zero-order valence-electron chi connectivity index (χ0n) is 13.3. The van der Waals surface area contributed by atoms with Gasteiger partial charge in [-0.2, -0.15) is 5.10 Å². The summed E-state index contributed by atoms with van der Waals surface area (Å²) in [6, 6.07) is 11.8. The van der Waals surface area contributed by atoms with Gasteiger partial charge in [0.2, 0.25) is 0 Å². The highest BCUT2D eigenvalue weighted by Crippen LogP contribution is 2.33. The highest BCUT2D eigenvalue weighted by molar-refractivity contribution is 6.30. The van der Waals surface area contributed by atoms with E-state index in [1.807, 2.05) is 47.1 Å². The third kappa shape index (κ3) is 2.69. The van der Waals surface area contributed by atoms with Gasteiger partial charge in [-0.3, -0.25) is 0 Å². The van der Waals surface area contributed by atoms with Crippen molar-refractivity contribution in [3.05, 3.63) is 53.3 Å². The van der Waals surface area contributed by atoms with E-state index in [0.717, 1.165) is 48.3 Å². The minimum atomic E-state index is -0.471. The van der Waals surface area contributed by atoms with E-state index >= 15 is 0 Å². The van der Waals surface area contributed by atoms with Gasteiger partial charge in [-0.25, -0.2) is 9.50 Å². The molecule has 2 atom stereocenters. The van der Waals surface area contributed by atoms with Crippen molar-refractivity contribution >= 4 is 17.2 Å². The second kappa shape index (κ2) is 5.84. The number of fused-ring (bicyclic) bond motifs is 1. The van der Waals surface area contributed by atoms with Crippen molar-refractivity contribution < 1.29 is 0 Å². The number of halogens is 1. The predicted octanol–water partition coefficient (Wildman–Crippen LogP) is 3.11. The average Bonchev–Trinajstić information content (AvgIpc) is 2.98. The van der Waals surface area contributed by atoms with Gasteiger partial charge in [0.1, 0.15) is 0 Å². The van der Waals surface area contributed by atoms with Crippen molar-refractivity contribution in [1.29, 1.82) is 0 Å². The van der Waals surface area contributed by atoms with E-state index < -0.39 is 5.54 Å². The number of aromatic nitrogens is 3. The van der Waals surface area contributed by atoms with Gasteiger partial charge < -0.3 is 11.5 Å². The summed E-state index contributed by atoms with van der Waals surface area (Å²) >= 11 is 6.12. The second-order valence-corrected chi connectivity index (χ2v) is 7.09. The molecule has 2 aromatic heterocycles. The van der Waals surface area contributed by atoms with Crippen LogP contribution >= 0.6 is 11.6 Å². The Kier molecular flexibility index (Phi) is 3.79. The molecule has 5 nitrogen and oxygen atoms in total. The molecule has 124 valence electrons. The molecule has 24 heavy (non-hydrogen) atoms. The molecular weight excluding hydrogens is 322 g/mol. The molecule has 0 saturated heterocycles. The number of nitrogens with two attached hydrogens (primary N) is 2. The first-order valence-corrected chi connectivity index (χ1v) is 8.59. The van der Waals surface area contributed by atoms with Gasteiger partial charge in [0.05, 0.1) is 23.1 Å². The van der Waals surface area contributed by atoms with Crippen LogP contribution in [0.4, 0.5) is 0 Å². The van der Waals surface area contributed by atoms with Crippen molar-refractivity contribution in [1.82, 2.24) is 14.6 Å². The molecule has 1 fully saturated rings. The second-order valence-electron chi connectivity index (χ2n) is 6.65. The molecule has 4 N–H and O–H groups in total. The zero-order chi connectivity index (χ0) is 16.7. The molecule has 0 amide bonds. The summed E-state index contributed by atoms with van der Waals surface area (Å²) in [6.45, 7) is 0. The molecule has 0 radical (unpaired) electrons. The topological polar surface area (TPSA) is 82.2 Å². The maximum absolute atomic E-state index is 6.65. The van der Waals surface area contributed by atoms with Crippen molar-refractivity contribution in [2.24, 2.45) is 11.5 Å². The molecule has 0 spiro atoms. The summed E-state index contributed by atoms with van der Waals surface area (Å²) in [4.78, 5) is 4.44. The Morgan fingerprint density at radius 2 is 2.12 bits per heavy atom. The van der Waals surface area contributed by atoms with Crippen molar-refractivity contribution in [3.8, 4) is 11.3 Å². The summed E-state index contributed by atoms with van der Waals surface area (Å²) in [5.41, 5.74) is 15.8. The molecule has 2 heterocycles. The molecular formula is C18H20ClN5. The Morgan fingerprint density at radius 3 is 2.92 bits per heavy atom. The Morgan fingerprint density at radius 1 is 1.25 bits per heavy atom.